The maximum Gasteiger partial charge on any atom is 0.416 e. The van der Waals surface area contributed by atoms with Gasteiger partial charge >= 0.3 is 12.2 Å². The number of amides is 2. The van der Waals surface area contributed by atoms with Gasteiger partial charge in [-0.2, -0.15) is 13.2 Å². The van der Waals surface area contributed by atoms with Gasteiger partial charge in [0, 0.05) is 25.6 Å². The van der Waals surface area contributed by atoms with E-state index in [9.17, 15) is 18.0 Å². The molecule has 1 fully saturated rings. The molecule has 0 bridgehead atoms. The lowest BCUT2D eigenvalue weighted by Crippen LogP contribution is -2.33. The smallest absolute Gasteiger partial charge is 0.416 e. The first kappa shape index (κ1) is 18.4. The lowest BCUT2D eigenvalue weighted by atomic mass is 10.1. The van der Waals surface area contributed by atoms with Crippen LogP contribution in [0.15, 0.2) is 18.2 Å². The van der Waals surface area contributed by atoms with Crippen LogP contribution in [0.3, 0.4) is 0 Å². The van der Waals surface area contributed by atoms with Crippen LogP contribution in [0.5, 0.6) is 5.75 Å². The van der Waals surface area contributed by atoms with Crippen LogP contribution in [-0.4, -0.2) is 42.3 Å². The third kappa shape index (κ3) is 4.53. The number of alkyl halides is 3. The first-order valence-corrected chi connectivity index (χ1v) is 7.86. The van der Waals surface area contributed by atoms with Crippen LogP contribution in [0.4, 0.5) is 23.7 Å². The number of ether oxygens (including phenoxy) is 1. The van der Waals surface area contributed by atoms with Crippen LogP contribution in [0, 0.1) is 5.92 Å². The molecule has 1 aliphatic heterocycles. The standard InChI is InChI=1S/C16H21F3N2O3/c1-2-7-24-14-4-3-12(16(17,18)19)8-13(14)20-15(23)21-6-5-11(9-21)10-22/h3-4,8,11,22H,2,5-7,9-10H2,1H3,(H,20,23). The zero-order chi connectivity index (χ0) is 17.7. The van der Waals surface area contributed by atoms with E-state index in [1.54, 1.807) is 0 Å². The molecule has 24 heavy (non-hydrogen) atoms. The fraction of sp³-hybridized carbons (Fsp3) is 0.562. The van der Waals surface area contributed by atoms with Gasteiger partial charge in [-0.3, -0.25) is 0 Å². The zero-order valence-electron chi connectivity index (χ0n) is 13.4. The van der Waals surface area contributed by atoms with Crippen LogP contribution in [0.2, 0.25) is 0 Å². The third-order valence-electron chi connectivity index (χ3n) is 3.84. The Bertz CT molecular complexity index is 578. The molecule has 134 valence electrons. The predicted molar refractivity (Wildman–Crippen MR) is 83.0 cm³/mol. The second-order valence-corrected chi connectivity index (χ2v) is 5.77. The number of nitrogens with zero attached hydrogens (tertiary/aromatic N) is 1. The SMILES string of the molecule is CCCOc1ccc(C(F)(F)F)cc1NC(=O)N1CCC(CO)C1. The van der Waals surface area contributed by atoms with E-state index in [0.717, 1.165) is 12.1 Å². The highest BCUT2D eigenvalue weighted by Crippen LogP contribution is 2.35. The van der Waals surface area contributed by atoms with Gasteiger partial charge < -0.3 is 20.1 Å². The lowest BCUT2D eigenvalue weighted by molar-refractivity contribution is -0.137. The van der Waals surface area contributed by atoms with Crippen LogP contribution < -0.4 is 10.1 Å². The number of urea groups is 1. The Hall–Kier alpha value is -1.96. The topological polar surface area (TPSA) is 61.8 Å². The highest BCUT2D eigenvalue weighted by Gasteiger charge is 2.32. The Labute approximate surface area is 138 Å². The summed E-state index contributed by atoms with van der Waals surface area (Å²) >= 11 is 0. The first-order valence-electron chi connectivity index (χ1n) is 7.86. The van der Waals surface area contributed by atoms with Gasteiger partial charge in [0.05, 0.1) is 17.9 Å². The molecule has 5 nitrogen and oxygen atoms in total. The fourth-order valence-electron chi connectivity index (χ4n) is 2.50. The summed E-state index contributed by atoms with van der Waals surface area (Å²) in [7, 11) is 0. The van der Waals surface area contributed by atoms with Crippen molar-refractivity contribution in [2.24, 2.45) is 5.92 Å². The highest BCUT2D eigenvalue weighted by atomic mass is 19.4. The molecule has 2 N–H and O–H groups in total. The van der Waals surface area contributed by atoms with E-state index in [2.05, 4.69) is 5.32 Å². The minimum atomic E-state index is -4.50. The summed E-state index contributed by atoms with van der Waals surface area (Å²) in [6.07, 6.45) is -3.14. The summed E-state index contributed by atoms with van der Waals surface area (Å²) in [6.45, 7) is 3.04. The largest absolute Gasteiger partial charge is 0.491 e. The van der Waals surface area contributed by atoms with Crippen molar-refractivity contribution < 1.29 is 27.8 Å². The number of aliphatic hydroxyl groups excluding tert-OH is 1. The monoisotopic (exact) mass is 346 g/mol. The molecule has 0 aromatic heterocycles. The van der Waals surface area contributed by atoms with Gasteiger partial charge in [0.2, 0.25) is 0 Å². The summed E-state index contributed by atoms with van der Waals surface area (Å²) in [5, 5.41) is 11.6. The maximum atomic E-state index is 12.9. The molecule has 0 saturated carbocycles. The van der Waals surface area contributed by atoms with Gasteiger partial charge in [-0.25, -0.2) is 4.79 Å². The van der Waals surface area contributed by atoms with E-state index >= 15 is 0 Å². The number of halogens is 3. The number of aliphatic hydroxyl groups is 1. The number of hydrogen-bond donors (Lipinski definition) is 2. The van der Waals surface area contributed by atoms with Crippen LogP contribution >= 0.6 is 0 Å². The average Bonchev–Trinajstić information content (AvgIpc) is 3.02. The molecular formula is C16H21F3N2O3. The van der Waals surface area contributed by atoms with Crippen molar-refractivity contribution in [1.29, 1.82) is 0 Å². The van der Waals surface area contributed by atoms with Gasteiger partial charge in [-0.05, 0) is 31.0 Å². The van der Waals surface area contributed by atoms with Crippen LogP contribution in [-0.2, 0) is 6.18 Å². The number of benzene rings is 1. The van der Waals surface area contributed by atoms with E-state index in [-0.39, 0.29) is 24.0 Å². The number of nitrogens with one attached hydrogen (secondary N) is 1. The molecule has 0 radical (unpaired) electrons. The molecule has 1 atom stereocenters. The van der Waals surface area contributed by atoms with Gasteiger partial charge in [0.25, 0.3) is 0 Å². The first-order chi connectivity index (χ1) is 11.3. The van der Waals surface area contributed by atoms with Crippen LogP contribution in [0.1, 0.15) is 25.3 Å². The number of likely N-dealkylation sites (tertiary alicyclic amines) is 1. The number of rotatable bonds is 5. The van der Waals surface area contributed by atoms with Crippen LogP contribution in [0.25, 0.3) is 0 Å². The molecule has 1 unspecified atom stereocenters. The Kier molecular flexibility index (Phi) is 5.93. The van der Waals surface area contributed by atoms with Gasteiger partial charge in [-0.15, -0.1) is 0 Å². The second kappa shape index (κ2) is 7.74. The van der Waals surface area contributed by atoms with E-state index in [1.165, 1.54) is 11.0 Å². The zero-order valence-corrected chi connectivity index (χ0v) is 13.4. The second-order valence-electron chi connectivity index (χ2n) is 5.77. The minimum absolute atomic E-state index is 0.00396. The van der Waals surface area contributed by atoms with E-state index < -0.39 is 17.8 Å². The summed E-state index contributed by atoms with van der Waals surface area (Å²) in [4.78, 5) is 13.7. The van der Waals surface area contributed by atoms with E-state index in [1.807, 2.05) is 6.92 Å². The van der Waals surface area contributed by atoms with Crippen molar-refractivity contribution >= 4 is 11.7 Å². The van der Waals surface area contributed by atoms with Crippen molar-refractivity contribution in [3.05, 3.63) is 23.8 Å². The number of anilines is 1. The summed E-state index contributed by atoms with van der Waals surface area (Å²) < 4.78 is 44.1. The number of carbonyl (C=O) groups excluding carboxylic acids is 1. The Morgan fingerprint density at radius 1 is 1.46 bits per heavy atom. The minimum Gasteiger partial charge on any atom is -0.491 e. The molecule has 8 heteroatoms. The Morgan fingerprint density at radius 3 is 2.79 bits per heavy atom. The molecule has 1 aromatic carbocycles. The quantitative estimate of drug-likeness (QED) is 0.860. The van der Waals surface area contributed by atoms with E-state index in [4.69, 9.17) is 9.84 Å². The fourth-order valence-corrected chi connectivity index (χ4v) is 2.50. The molecular weight excluding hydrogens is 325 g/mol. The molecule has 2 amide bonds. The van der Waals surface area contributed by atoms with Gasteiger partial charge in [0.1, 0.15) is 5.75 Å². The van der Waals surface area contributed by atoms with E-state index in [0.29, 0.717) is 32.5 Å². The number of hydrogen-bond acceptors (Lipinski definition) is 3. The molecule has 1 aromatic rings. The van der Waals surface area contributed by atoms with Crippen molar-refractivity contribution in [1.82, 2.24) is 4.90 Å². The van der Waals surface area contributed by atoms with Crippen molar-refractivity contribution in [2.45, 2.75) is 25.9 Å². The summed E-state index contributed by atoms with van der Waals surface area (Å²) in [6, 6.07) is 2.53. The van der Waals surface area contributed by atoms with Gasteiger partial charge in [-0.1, -0.05) is 6.92 Å². The van der Waals surface area contributed by atoms with Gasteiger partial charge in [0.15, 0.2) is 0 Å². The third-order valence-corrected chi connectivity index (χ3v) is 3.84. The summed E-state index contributed by atoms with van der Waals surface area (Å²) in [5.74, 6) is 0.212. The Balaban J connectivity index is 2.17. The average molecular weight is 346 g/mol. The van der Waals surface area contributed by atoms with Crippen molar-refractivity contribution in [2.75, 3.05) is 31.6 Å². The maximum absolute atomic E-state index is 12.9. The number of carbonyl (C=O) groups is 1. The van der Waals surface area contributed by atoms with Crippen molar-refractivity contribution in [3.63, 3.8) is 0 Å². The molecule has 1 aliphatic rings. The summed E-state index contributed by atoms with van der Waals surface area (Å²) in [5.41, 5.74) is -0.855. The normalized spacial score (nSPS) is 17.9. The Morgan fingerprint density at radius 2 is 2.21 bits per heavy atom. The van der Waals surface area contributed by atoms with Crippen molar-refractivity contribution in [3.8, 4) is 5.75 Å². The molecule has 1 saturated heterocycles. The molecule has 0 aliphatic carbocycles. The lowest BCUT2D eigenvalue weighted by Gasteiger charge is -2.20. The molecule has 1 heterocycles. The highest BCUT2D eigenvalue weighted by molar-refractivity contribution is 5.91. The predicted octanol–water partition coefficient (Wildman–Crippen LogP) is 3.34. The molecule has 2 rings (SSSR count). The molecule has 0 spiro atoms.